The van der Waals surface area contributed by atoms with E-state index in [1.54, 1.807) is 0 Å². The molecule has 16 heavy (non-hydrogen) atoms. The number of cyclic esters (lactones) is 1. The fourth-order valence-corrected chi connectivity index (χ4v) is 2.01. The van der Waals surface area contributed by atoms with Crippen LogP contribution in [-0.4, -0.2) is 50.1 Å². The summed E-state index contributed by atoms with van der Waals surface area (Å²) in [5, 5.41) is 3.29. The van der Waals surface area contributed by atoms with Gasteiger partial charge in [0.05, 0.1) is 24.9 Å². The monoisotopic (exact) mass is 229 g/mol. The number of carbonyl (C=O) groups excluding carboxylic acids is 1. The van der Waals surface area contributed by atoms with Gasteiger partial charge in [-0.2, -0.15) is 0 Å². The van der Waals surface area contributed by atoms with Gasteiger partial charge in [0.15, 0.2) is 6.10 Å². The summed E-state index contributed by atoms with van der Waals surface area (Å²) in [4.78, 5) is 11.2. The van der Waals surface area contributed by atoms with E-state index in [0.717, 1.165) is 13.1 Å². The maximum absolute atomic E-state index is 11.2. The number of nitrogens with one attached hydrogen (secondary N) is 1. The smallest absolute Gasteiger partial charge is 0.335 e. The van der Waals surface area contributed by atoms with Crippen LogP contribution in [0.1, 0.15) is 20.3 Å². The summed E-state index contributed by atoms with van der Waals surface area (Å²) in [7, 11) is 0. The molecule has 1 N–H and O–H groups in total. The Morgan fingerprint density at radius 2 is 2.38 bits per heavy atom. The average Bonchev–Trinajstić information content (AvgIpc) is 2.60. The van der Waals surface area contributed by atoms with Gasteiger partial charge in [-0.15, -0.1) is 0 Å². The molecule has 2 aliphatic rings. The first kappa shape index (κ1) is 11.8. The number of esters is 1. The highest BCUT2D eigenvalue weighted by Crippen LogP contribution is 2.17. The van der Waals surface area contributed by atoms with Crippen LogP contribution in [0, 0.1) is 0 Å². The van der Waals surface area contributed by atoms with Crippen molar-refractivity contribution in [3.63, 3.8) is 0 Å². The molecular formula is C11H19NO4. The topological polar surface area (TPSA) is 56.8 Å². The predicted molar refractivity (Wildman–Crippen MR) is 57.1 cm³/mol. The van der Waals surface area contributed by atoms with E-state index in [1.807, 2.05) is 13.8 Å². The van der Waals surface area contributed by atoms with Crippen LogP contribution in [0.5, 0.6) is 0 Å². The van der Waals surface area contributed by atoms with Crippen molar-refractivity contribution in [2.24, 2.45) is 0 Å². The van der Waals surface area contributed by atoms with Crippen LogP contribution in [0.4, 0.5) is 0 Å². The van der Waals surface area contributed by atoms with Crippen molar-refractivity contribution < 1.29 is 19.0 Å². The number of hydrogen-bond donors (Lipinski definition) is 1. The molecule has 2 aliphatic heterocycles. The fourth-order valence-electron chi connectivity index (χ4n) is 2.01. The third-order valence-corrected chi connectivity index (χ3v) is 2.78. The second kappa shape index (κ2) is 4.69. The van der Waals surface area contributed by atoms with Crippen LogP contribution in [0.25, 0.3) is 0 Å². The molecule has 0 aliphatic carbocycles. The number of morpholine rings is 1. The maximum atomic E-state index is 11.2. The summed E-state index contributed by atoms with van der Waals surface area (Å²) in [5.74, 6) is -0.247. The van der Waals surface area contributed by atoms with Crippen LogP contribution in [0.15, 0.2) is 0 Å². The maximum Gasteiger partial charge on any atom is 0.335 e. The average molecular weight is 229 g/mol. The van der Waals surface area contributed by atoms with Crippen molar-refractivity contribution in [3.05, 3.63) is 0 Å². The molecule has 2 saturated heterocycles. The molecule has 0 bridgehead atoms. The minimum absolute atomic E-state index is 0.0112. The van der Waals surface area contributed by atoms with Gasteiger partial charge in [0.25, 0.3) is 0 Å². The van der Waals surface area contributed by atoms with Crippen LogP contribution in [0.3, 0.4) is 0 Å². The lowest BCUT2D eigenvalue weighted by Gasteiger charge is -2.36. The van der Waals surface area contributed by atoms with Crippen LogP contribution >= 0.6 is 0 Å². The highest BCUT2D eigenvalue weighted by Gasteiger charge is 2.31. The number of rotatable bonds is 3. The molecule has 2 unspecified atom stereocenters. The summed E-state index contributed by atoms with van der Waals surface area (Å²) in [5.41, 5.74) is -0.164. The lowest BCUT2D eigenvalue weighted by atomic mass is 10.1. The Kier molecular flexibility index (Phi) is 3.47. The van der Waals surface area contributed by atoms with Crippen LogP contribution < -0.4 is 5.32 Å². The first-order valence-electron chi connectivity index (χ1n) is 5.74. The second-order valence-electron chi connectivity index (χ2n) is 4.91. The molecular weight excluding hydrogens is 210 g/mol. The summed E-state index contributed by atoms with van der Waals surface area (Å²) >= 11 is 0. The zero-order valence-electron chi connectivity index (χ0n) is 9.82. The summed E-state index contributed by atoms with van der Waals surface area (Å²) in [6.45, 7) is 6.60. The van der Waals surface area contributed by atoms with E-state index in [9.17, 15) is 4.79 Å². The van der Waals surface area contributed by atoms with E-state index in [4.69, 9.17) is 14.2 Å². The van der Waals surface area contributed by atoms with Gasteiger partial charge in [0.1, 0.15) is 0 Å². The van der Waals surface area contributed by atoms with E-state index in [0.29, 0.717) is 19.6 Å². The van der Waals surface area contributed by atoms with Gasteiger partial charge in [0, 0.05) is 19.5 Å². The standard InChI is InChI=1S/C11H19NO4/c1-11(2)7-12-5-8(16-11)6-15-9-3-4-14-10(9)13/h8-9,12H,3-7H2,1-2H3. The van der Waals surface area contributed by atoms with Crippen molar-refractivity contribution in [3.8, 4) is 0 Å². The Balaban J connectivity index is 1.75. The molecule has 2 fully saturated rings. The normalized spacial score (nSPS) is 33.8. The van der Waals surface area contributed by atoms with Gasteiger partial charge in [-0.1, -0.05) is 0 Å². The number of ether oxygens (including phenoxy) is 3. The fraction of sp³-hybridized carbons (Fsp3) is 0.909. The third kappa shape index (κ3) is 2.93. The van der Waals surface area contributed by atoms with Gasteiger partial charge < -0.3 is 19.5 Å². The van der Waals surface area contributed by atoms with Crippen molar-refractivity contribution in [2.45, 2.75) is 38.1 Å². The van der Waals surface area contributed by atoms with Gasteiger partial charge in [0.2, 0.25) is 0 Å². The molecule has 0 amide bonds. The summed E-state index contributed by atoms with van der Waals surface area (Å²) in [6, 6.07) is 0. The molecule has 5 nitrogen and oxygen atoms in total. The summed E-state index contributed by atoms with van der Waals surface area (Å²) in [6.07, 6.45) is 0.272. The van der Waals surface area contributed by atoms with Crippen molar-refractivity contribution >= 4 is 5.97 Å². The van der Waals surface area contributed by atoms with Crippen molar-refractivity contribution in [1.29, 1.82) is 0 Å². The number of hydrogen-bond acceptors (Lipinski definition) is 5. The molecule has 2 atom stereocenters. The molecule has 2 rings (SSSR count). The zero-order chi connectivity index (χ0) is 11.6. The van der Waals surface area contributed by atoms with Crippen molar-refractivity contribution in [1.82, 2.24) is 5.32 Å². The van der Waals surface area contributed by atoms with Gasteiger partial charge >= 0.3 is 5.97 Å². The first-order chi connectivity index (χ1) is 7.57. The highest BCUT2D eigenvalue weighted by atomic mass is 16.6. The van der Waals surface area contributed by atoms with Crippen LogP contribution in [-0.2, 0) is 19.0 Å². The Morgan fingerprint density at radius 3 is 3.00 bits per heavy atom. The quantitative estimate of drug-likeness (QED) is 0.695. The largest absolute Gasteiger partial charge is 0.464 e. The third-order valence-electron chi connectivity index (χ3n) is 2.78. The molecule has 0 spiro atoms. The Hall–Kier alpha value is -0.650. The molecule has 0 aromatic carbocycles. The lowest BCUT2D eigenvalue weighted by Crippen LogP contribution is -2.52. The van der Waals surface area contributed by atoms with Crippen LogP contribution in [0.2, 0.25) is 0 Å². The first-order valence-corrected chi connectivity index (χ1v) is 5.74. The second-order valence-corrected chi connectivity index (χ2v) is 4.91. The van der Waals surface area contributed by atoms with Gasteiger partial charge in [-0.3, -0.25) is 0 Å². The van der Waals surface area contributed by atoms with E-state index in [2.05, 4.69) is 5.32 Å². The molecule has 0 aromatic heterocycles. The minimum Gasteiger partial charge on any atom is -0.464 e. The molecule has 2 heterocycles. The van der Waals surface area contributed by atoms with Crippen molar-refractivity contribution in [2.75, 3.05) is 26.3 Å². The van der Waals surface area contributed by atoms with E-state index < -0.39 is 6.10 Å². The van der Waals surface area contributed by atoms with Gasteiger partial charge in [-0.25, -0.2) is 4.79 Å². The van der Waals surface area contributed by atoms with Gasteiger partial charge in [-0.05, 0) is 13.8 Å². The Labute approximate surface area is 95.4 Å². The lowest BCUT2D eigenvalue weighted by molar-refractivity contribution is -0.155. The molecule has 0 aromatic rings. The molecule has 0 radical (unpaired) electrons. The molecule has 92 valence electrons. The van der Waals surface area contributed by atoms with E-state index >= 15 is 0 Å². The zero-order valence-corrected chi connectivity index (χ0v) is 9.82. The Bertz CT molecular complexity index is 267. The SMILES string of the molecule is CC1(C)CNCC(COC2CCOC2=O)O1. The highest BCUT2D eigenvalue weighted by molar-refractivity contribution is 5.76. The molecule has 0 saturated carbocycles. The Morgan fingerprint density at radius 1 is 1.56 bits per heavy atom. The number of carbonyl (C=O) groups is 1. The minimum atomic E-state index is -0.395. The van der Waals surface area contributed by atoms with E-state index in [-0.39, 0.29) is 17.7 Å². The summed E-state index contributed by atoms with van der Waals surface area (Å²) < 4.78 is 16.2. The van der Waals surface area contributed by atoms with E-state index in [1.165, 1.54) is 0 Å². The molecule has 5 heteroatoms. The predicted octanol–water partition coefficient (Wildman–Crippen LogP) is 0.0855.